The molecule has 1 aliphatic rings. The lowest BCUT2D eigenvalue weighted by atomic mass is 10.2. The van der Waals surface area contributed by atoms with Crippen LogP contribution in [0.3, 0.4) is 0 Å². The van der Waals surface area contributed by atoms with E-state index in [1.165, 1.54) is 10.9 Å². The molecule has 3 aromatic rings. The zero-order valence-electron chi connectivity index (χ0n) is 15.4. The molecule has 0 atom stereocenters. The van der Waals surface area contributed by atoms with Gasteiger partial charge < -0.3 is 15.0 Å². The molecule has 0 unspecified atom stereocenters. The molecule has 1 aromatic carbocycles. The largest absolute Gasteiger partial charge is 0.378 e. The summed E-state index contributed by atoms with van der Waals surface area (Å²) in [5.74, 6) is 0.290. The average Bonchev–Trinajstić information content (AvgIpc) is 2.75. The molecule has 2 aromatic heterocycles. The monoisotopic (exact) mass is 379 g/mol. The van der Waals surface area contributed by atoms with Crippen molar-refractivity contribution >= 4 is 28.3 Å². The van der Waals surface area contributed by atoms with E-state index in [0.717, 1.165) is 18.8 Å². The first kappa shape index (κ1) is 18.1. The van der Waals surface area contributed by atoms with Crippen LogP contribution in [0.1, 0.15) is 6.42 Å². The second-order valence-corrected chi connectivity index (χ2v) is 6.56. The number of pyridine rings is 1. The molecule has 28 heavy (non-hydrogen) atoms. The lowest BCUT2D eigenvalue weighted by Gasteiger charge is -2.28. The van der Waals surface area contributed by atoms with Gasteiger partial charge in [0.05, 0.1) is 42.3 Å². The molecule has 0 radical (unpaired) electrons. The molecule has 0 spiro atoms. The number of hydrogen-bond acceptors (Lipinski definition) is 6. The topological polar surface area (TPSA) is 89.4 Å². The van der Waals surface area contributed by atoms with E-state index in [0.29, 0.717) is 29.9 Å². The van der Waals surface area contributed by atoms with E-state index in [-0.39, 0.29) is 24.4 Å². The molecule has 0 bridgehead atoms. The maximum atomic E-state index is 12.5. The van der Waals surface area contributed by atoms with Gasteiger partial charge in [0.1, 0.15) is 5.82 Å². The molecule has 0 aliphatic carbocycles. The van der Waals surface area contributed by atoms with Crippen LogP contribution in [0.2, 0.25) is 0 Å². The van der Waals surface area contributed by atoms with Crippen LogP contribution in [-0.2, 0) is 16.1 Å². The number of anilines is 2. The van der Waals surface area contributed by atoms with Crippen molar-refractivity contribution in [2.45, 2.75) is 13.0 Å². The highest BCUT2D eigenvalue weighted by Gasteiger charge is 2.12. The Morgan fingerprint density at radius 1 is 1.11 bits per heavy atom. The summed E-state index contributed by atoms with van der Waals surface area (Å²) in [6, 6.07) is 10.9. The van der Waals surface area contributed by atoms with E-state index in [9.17, 15) is 9.59 Å². The van der Waals surface area contributed by atoms with Crippen molar-refractivity contribution in [3.8, 4) is 0 Å². The molecule has 1 N–H and O–H groups in total. The van der Waals surface area contributed by atoms with Gasteiger partial charge in [-0.05, 0) is 24.3 Å². The summed E-state index contributed by atoms with van der Waals surface area (Å²) in [5, 5.41) is 3.32. The number of para-hydroxylation sites is 1. The minimum atomic E-state index is -0.202. The summed E-state index contributed by atoms with van der Waals surface area (Å²) in [5.41, 5.74) is 1.51. The molecule has 1 saturated heterocycles. The SMILES string of the molecule is O=C(CCn1cnc2ccccc2c1=O)Nc1ccc(N2CCOCC2)cn1. The number of aryl methyl sites for hydroxylation is 1. The number of nitrogens with zero attached hydrogens (tertiary/aromatic N) is 4. The predicted octanol–water partition coefficient (Wildman–Crippen LogP) is 1.66. The highest BCUT2D eigenvalue weighted by atomic mass is 16.5. The number of ether oxygens (including phenoxy) is 1. The van der Waals surface area contributed by atoms with E-state index >= 15 is 0 Å². The van der Waals surface area contributed by atoms with Gasteiger partial charge >= 0.3 is 0 Å². The quantitative estimate of drug-likeness (QED) is 0.725. The number of carbonyl (C=O) groups is 1. The van der Waals surface area contributed by atoms with Gasteiger partial charge in [-0.25, -0.2) is 9.97 Å². The minimum absolute atomic E-state index is 0.147. The lowest BCUT2D eigenvalue weighted by Crippen LogP contribution is -2.36. The molecule has 4 rings (SSSR count). The second kappa shape index (κ2) is 8.18. The van der Waals surface area contributed by atoms with Crippen molar-refractivity contribution < 1.29 is 9.53 Å². The number of nitrogens with one attached hydrogen (secondary N) is 1. The highest BCUT2D eigenvalue weighted by molar-refractivity contribution is 5.89. The van der Waals surface area contributed by atoms with Crippen LogP contribution >= 0.6 is 0 Å². The average molecular weight is 379 g/mol. The third kappa shape index (κ3) is 4.01. The standard InChI is InChI=1S/C20H21N5O3/c26-19(7-8-25-14-22-17-4-2-1-3-16(17)20(25)27)23-18-6-5-15(13-21-18)24-9-11-28-12-10-24/h1-6,13-14H,7-12H2,(H,21,23,26). The summed E-state index contributed by atoms with van der Waals surface area (Å²) in [7, 11) is 0. The first-order valence-corrected chi connectivity index (χ1v) is 9.23. The fraction of sp³-hybridized carbons (Fsp3) is 0.300. The summed E-state index contributed by atoms with van der Waals surface area (Å²) in [6.45, 7) is 3.35. The van der Waals surface area contributed by atoms with Crippen molar-refractivity contribution in [1.82, 2.24) is 14.5 Å². The lowest BCUT2D eigenvalue weighted by molar-refractivity contribution is -0.116. The van der Waals surface area contributed by atoms with E-state index < -0.39 is 0 Å². The third-order valence-corrected chi connectivity index (χ3v) is 4.70. The van der Waals surface area contributed by atoms with Gasteiger partial charge in [-0.1, -0.05) is 12.1 Å². The molecular weight excluding hydrogens is 358 g/mol. The Balaban J connectivity index is 1.36. The predicted molar refractivity (Wildman–Crippen MR) is 107 cm³/mol. The zero-order valence-corrected chi connectivity index (χ0v) is 15.4. The van der Waals surface area contributed by atoms with Crippen molar-refractivity contribution in [3.63, 3.8) is 0 Å². The Morgan fingerprint density at radius 2 is 1.93 bits per heavy atom. The van der Waals surface area contributed by atoms with Crippen LogP contribution in [-0.4, -0.2) is 46.7 Å². The molecule has 1 aliphatic heterocycles. The van der Waals surface area contributed by atoms with E-state index in [2.05, 4.69) is 20.2 Å². The van der Waals surface area contributed by atoms with E-state index in [1.807, 2.05) is 12.1 Å². The van der Waals surface area contributed by atoms with Crippen LogP contribution < -0.4 is 15.8 Å². The molecule has 3 heterocycles. The van der Waals surface area contributed by atoms with Gasteiger partial charge in [0, 0.05) is 26.1 Å². The number of hydrogen-bond donors (Lipinski definition) is 1. The van der Waals surface area contributed by atoms with Crippen molar-refractivity contribution in [3.05, 3.63) is 59.3 Å². The molecule has 1 fully saturated rings. The van der Waals surface area contributed by atoms with E-state index in [1.54, 1.807) is 30.5 Å². The van der Waals surface area contributed by atoms with Crippen molar-refractivity contribution in [1.29, 1.82) is 0 Å². The van der Waals surface area contributed by atoms with Crippen LogP contribution in [0.15, 0.2) is 53.7 Å². The number of amides is 1. The highest BCUT2D eigenvalue weighted by Crippen LogP contribution is 2.16. The number of benzene rings is 1. The van der Waals surface area contributed by atoms with Crippen molar-refractivity contribution in [2.24, 2.45) is 0 Å². The van der Waals surface area contributed by atoms with Crippen LogP contribution in [0.4, 0.5) is 11.5 Å². The molecule has 1 amide bonds. The molecule has 8 heteroatoms. The Morgan fingerprint density at radius 3 is 2.71 bits per heavy atom. The Kier molecular flexibility index (Phi) is 5.29. The van der Waals surface area contributed by atoms with Gasteiger partial charge in [0.25, 0.3) is 5.56 Å². The van der Waals surface area contributed by atoms with Crippen LogP contribution in [0, 0.1) is 0 Å². The number of aromatic nitrogens is 3. The fourth-order valence-corrected chi connectivity index (χ4v) is 3.16. The van der Waals surface area contributed by atoms with Crippen LogP contribution in [0.5, 0.6) is 0 Å². The molecule has 8 nitrogen and oxygen atoms in total. The van der Waals surface area contributed by atoms with Gasteiger partial charge in [0.2, 0.25) is 5.91 Å². The molecular formula is C20H21N5O3. The number of rotatable bonds is 5. The second-order valence-electron chi connectivity index (χ2n) is 6.56. The zero-order chi connectivity index (χ0) is 19.3. The van der Waals surface area contributed by atoms with Crippen LogP contribution in [0.25, 0.3) is 10.9 Å². The summed E-state index contributed by atoms with van der Waals surface area (Å²) < 4.78 is 6.80. The normalized spacial score (nSPS) is 14.2. The minimum Gasteiger partial charge on any atom is -0.378 e. The van der Waals surface area contributed by atoms with Gasteiger partial charge in [0.15, 0.2) is 0 Å². The molecule has 0 saturated carbocycles. The number of fused-ring (bicyclic) bond motifs is 1. The van der Waals surface area contributed by atoms with Crippen molar-refractivity contribution in [2.75, 3.05) is 36.5 Å². The summed E-state index contributed by atoms with van der Waals surface area (Å²) in [4.78, 5) is 35.5. The first-order chi connectivity index (χ1) is 13.7. The molecule has 144 valence electrons. The Labute approximate surface area is 161 Å². The summed E-state index contributed by atoms with van der Waals surface area (Å²) in [6.07, 6.45) is 3.39. The Bertz CT molecular complexity index is 1030. The number of carbonyl (C=O) groups excluding carboxylic acids is 1. The van der Waals surface area contributed by atoms with E-state index in [4.69, 9.17) is 4.74 Å². The maximum Gasteiger partial charge on any atom is 0.261 e. The van der Waals surface area contributed by atoms with Gasteiger partial charge in [-0.2, -0.15) is 0 Å². The smallest absolute Gasteiger partial charge is 0.261 e. The first-order valence-electron chi connectivity index (χ1n) is 9.23. The number of morpholine rings is 1. The fourth-order valence-electron chi connectivity index (χ4n) is 3.16. The third-order valence-electron chi connectivity index (χ3n) is 4.70. The maximum absolute atomic E-state index is 12.5. The van der Waals surface area contributed by atoms with Gasteiger partial charge in [-0.15, -0.1) is 0 Å². The van der Waals surface area contributed by atoms with Gasteiger partial charge in [-0.3, -0.25) is 14.2 Å². The summed E-state index contributed by atoms with van der Waals surface area (Å²) >= 11 is 0. The Hall–Kier alpha value is -3.26.